The van der Waals surface area contributed by atoms with E-state index in [9.17, 15) is 19.5 Å². The van der Waals surface area contributed by atoms with Crippen LogP contribution >= 0.6 is 0 Å². The fourth-order valence-electron chi connectivity index (χ4n) is 3.60. The van der Waals surface area contributed by atoms with Crippen LogP contribution in [-0.2, 0) is 4.79 Å². The van der Waals surface area contributed by atoms with E-state index in [0.717, 1.165) is 0 Å². The molecule has 1 aliphatic rings. The number of benzene rings is 1. The van der Waals surface area contributed by atoms with Crippen molar-refractivity contribution in [2.45, 2.75) is 26.2 Å². The molecule has 0 bridgehead atoms. The second-order valence-corrected chi connectivity index (χ2v) is 6.49. The number of carbonyl (C=O) groups excluding carboxylic acids is 2. The Balaban J connectivity index is 2.20. The summed E-state index contributed by atoms with van der Waals surface area (Å²) in [4.78, 5) is 40.6. The van der Waals surface area contributed by atoms with Crippen molar-refractivity contribution >= 4 is 22.7 Å². The number of aromatic nitrogens is 1. The summed E-state index contributed by atoms with van der Waals surface area (Å²) in [5, 5.41) is 11.0. The summed E-state index contributed by atoms with van der Waals surface area (Å²) < 4.78 is 10.7. The van der Waals surface area contributed by atoms with E-state index in [2.05, 4.69) is 4.98 Å². The van der Waals surface area contributed by atoms with Gasteiger partial charge in [0.25, 0.3) is 0 Å². The molecule has 3 aromatic rings. The van der Waals surface area contributed by atoms with Gasteiger partial charge < -0.3 is 14.3 Å². The number of rotatable bonds is 2. The fraction of sp³-hybridized carbons (Fsp3) is 0.200. The molecule has 1 atom stereocenters. The number of hydrogen-bond acceptors (Lipinski definition) is 7. The van der Waals surface area contributed by atoms with Crippen molar-refractivity contribution in [2.75, 3.05) is 0 Å². The Hall–Kier alpha value is -3.48. The number of Topliss-reactive ketones (excluding diaryl/α,β-unsaturated/α-hetero) is 1. The molecule has 27 heavy (non-hydrogen) atoms. The van der Waals surface area contributed by atoms with Crippen molar-refractivity contribution in [1.29, 1.82) is 0 Å². The minimum atomic E-state index is -0.598. The van der Waals surface area contributed by atoms with Gasteiger partial charge in [-0.1, -0.05) is 6.07 Å². The summed E-state index contributed by atoms with van der Waals surface area (Å²) in [6, 6.07) is 4.76. The van der Waals surface area contributed by atoms with Gasteiger partial charge in [0.05, 0.1) is 11.8 Å². The predicted molar refractivity (Wildman–Crippen MR) is 95.2 cm³/mol. The van der Waals surface area contributed by atoms with Gasteiger partial charge >= 0.3 is 11.6 Å². The minimum Gasteiger partial charge on any atom is -0.506 e. The van der Waals surface area contributed by atoms with Gasteiger partial charge in [-0.2, -0.15) is 0 Å². The lowest BCUT2D eigenvalue weighted by Gasteiger charge is -2.27. The molecule has 0 spiro atoms. The zero-order valence-corrected chi connectivity index (χ0v) is 14.6. The number of nitrogens with zero attached hydrogens (tertiary/aromatic N) is 1. The maximum atomic E-state index is 12.3. The number of aryl methyl sites for hydroxylation is 1. The summed E-state index contributed by atoms with van der Waals surface area (Å²) in [6.45, 7) is 2.92. The smallest absolute Gasteiger partial charge is 0.336 e. The number of esters is 1. The summed E-state index contributed by atoms with van der Waals surface area (Å²) in [5.74, 6) is -1.96. The Labute approximate surface area is 153 Å². The third kappa shape index (κ3) is 2.59. The minimum absolute atomic E-state index is 0.00638. The van der Waals surface area contributed by atoms with Gasteiger partial charge in [0.1, 0.15) is 16.9 Å². The first-order valence-corrected chi connectivity index (χ1v) is 8.33. The monoisotopic (exact) mass is 365 g/mol. The first-order valence-electron chi connectivity index (χ1n) is 8.33. The highest BCUT2D eigenvalue weighted by Crippen LogP contribution is 2.49. The van der Waals surface area contributed by atoms with Gasteiger partial charge in [-0.25, -0.2) is 4.79 Å². The van der Waals surface area contributed by atoms with Gasteiger partial charge in [0, 0.05) is 29.9 Å². The topological polar surface area (TPSA) is 107 Å². The number of phenolic OH excluding ortho intramolecular Hbond substituents is 1. The van der Waals surface area contributed by atoms with E-state index in [4.69, 9.17) is 9.15 Å². The molecule has 1 aromatic carbocycles. The lowest BCUT2D eigenvalue weighted by atomic mass is 9.83. The van der Waals surface area contributed by atoms with Crippen LogP contribution in [0.3, 0.4) is 0 Å². The highest BCUT2D eigenvalue weighted by molar-refractivity contribution is 6.08. The number of fused-ring (bicyclic) bond motifs is 3. The molecule has 0 saturated heterocycles. The number of ketones is 1. The Morgan fingerprint density at radius 2 is 2.11 bits per heavy atom. The normalized spacial score (nSPS) is 16.1. The van der Waals surface area contributed by atoms with E-state index in [0.29, 0.717) is 16.7 Å². The van der Waals surface area contributed by atoms with Crippen LogP contribution in [0.15, 0.2) is 39.8 Å². The highest BCUT2D eigenvalue weighted by Gasteiger charge is 2.37. The van der Waals surface area contributed by atoms with E-state index in [1.165, 1.54) is 13.0 Å². The van der Waals surface area contributed by atoms with Gasteiger partial charge in [-0.05, 0) is 31.0 Å². The Morgan fingerprint density at radius 1 is 1.33 bits per heavy atom. The fourth-order valence-corrected chi connectivity index (χ4v) is 3.60. The summed E-state index contributed by atoms with van der Waals surface area (Å²) in [6.07, 6.45) is 3.20. The third-order valence-electron chi connectivity index (χ3n) is 4.72. The first kappa shape index (κ1) is 17.0. The molecule has 1 aliphatic heterocycles. The summed E-state index contributed by atoms with van der Waals surface area (Å²) >= 11 is 0. The second-order valence-electron chi connectivity index (χ2n) is 6.49. The van der Waals surface area contributed by atoms with Crippen molar-refractivity contribution < 1.29 is 23.8 Å². The molecule has 0 amide bonds. The lowest BCUT2D eigenvalue weighted by molar-refractivity contribution is -0.135. The molecule has 0 fully saturated rings. The SMILES string of the molecule is CC(=O)c1c2c(c3oc(=O)cc(C)c3c1O)[C@H](c1cccnc1)CC(=O)O2. The van der Waals surface area contributed by atoms with Crippen LogP contribution < -0.4 is 10.4 Å². The maximum absolute atomic E-state index is 12.3. The van der Waals surface area contributed by atoms with E-state index in [-0.39, 0.29) is 34.5 Å². The molecule has 1 N–H and O–H groups in total. The lowest BCUT2D eigenvalue weighted by Crippen LogP contribution is -2.23. The van der Waals surface area contributed by atoms with Crippen molar-refractivity contribution in [3.8, 4) is 11.5 Å². The van der Waals surface area contributed by atoms with Gasteiger partial charge in [-0.3, -0.25) is 14.6 Å². The molecule has 2 aromatic heterocycles. The number of phenols is 1. The second kappa shape index (κ2) is 6.05. The van der Waals surface area contributed by atoms with Crippen LogP contribution in [0.1, 0.15) is 46.3 Å². The molecule has 0 unspecified atom stereocenters. The average Bonchev–Trinajstić information content (AvgIpc) is 2.60. The molecule has 136 valence electrons. The predicted octanol–water partition coefficient (Wildman–Crippen LogP) is 2.85. The van der Waals surface area contributed by atoms with E-state index >= 15 is 0 Å². The molecule has 7 heteroatoms. The maximum Gasteiger partial charge on any atom is 0.336 e. The van der Waals surface area contributed by atoms with Crippen molar-refractivity contribution in [1.82, 2.24) is 4.98 Å². The zero-order valence-electron chi connectivity index (χ0n) is 14.6. The van der Waals surface area contributed by atoms with Crippen molar-refractivity contribution in [2.24, 2.45) is 0 Å². The quantitative estimate of drug-likeness (QED) is 0.322. The Kier molecular flexibility index (Phi) is 3.80. The summed E-state index contributed by atoms with van der Waals surface area (Å²) in [5.41, 5.74) is 0.975. The van der Waals surface area contributed by atoms with Crippen LogP contribution in [-0.4, -0.2) is 21.8 Å². The number of ether oxygens (including phenoxy) is 1. The molecule has 0 saturated carbocycles. The standard InChI is InChI=1S/C20H15NO6/c1-9-6-13(23)26-19-15(9)18(25)16(10(2)22)20-17(19)12(7-14(24)27-20)11-4-3-5-21-8-11/h3-6,8,12,25H,7H2,1-2H3/t12-/m0/s1. The number of aromatic hydroxyl groups is 1. The van der Waals surface area contributed by atoms with E-state index in [1.54, 1.807) is 31.5 Å². The molecule has 0 aliphatic carbocycles. The largest absolute Gasteiger partial charge is 0.506 e. The van der Waals surface area contributed by atoms with Crippen LogP contribution in [0.5, 0.6) is 11.5 Å². The van der Waals surface area contributed by atoms with Crippen LogP contribution in [0, 0.1) is 6.92 Å². The van der Waals surface area contributed by atoms with Crippen LogP contribution in [0.4, 0.5) is 0 Å². The van der Waals surface area contributed by atoms with Gasteiger partial charge in [-0.15, -0.1) is 0 Å². The summed E-state index contributed by atoms with van der Waals surface area (Å²) in [7, 11) is 0. The number of pyridine rings is 1. The first-order chi connectivity index (χ1) is 12.9. The number of carbonyl (C=O) groups is 2. The number of hydrogen-bond donors (Lipinski definition) is 1. The van der Waals surface area contributed by atoms with Gasteiger partial charge in [0.15, 0.2) is 11.5 Å². The zero-order chi connectivity index (χ0) is 19.3. The van der Waals surface area contributed by atoms with Crippen LogP contribution in [0.2, 0.25) is 0 Å². The van der Waals surface area contributed by atoms with Crippen molar-refractivity contribution in [3.63, 3.8) is 0 Å². The van der Waals surface area contributed by atoms with Crippen molar-refractivity contribution in [3.05, 3.63) is 63.3 Å². The van der Waals surface area contributed by atoms with Gasteiger partial charge in [0.2, 0.25) is 0 Å². The average molecular weight is 365 g/mol. The highest BCUT2D eigenvalue weighted by atomic mass is 16.5. The molecule has 7 nitrogen and oxygen atoms in total. The molecular weight excluding hydrogens is 350 g/mol. The Morgan fingerprint density at radius 3 is 2.78 bits per heavy atom. The van der Waals surface area contributed by atoms with Crippen LogP contribution in [0.25, 0.3) is 11.0 Å². The molecule has 0 radical (unpaired) electrons. The third-order valence-corrected chi connectivity index (χ3v) is 4.72. The van der Waals surface area contributed by atoms with E-state index in [1.807, 2.05) is 0 Å². The Bertz CT molecular complexity index is 1160. The molecule has 3 heterocycles. The van der Waals surface area contributed by atoms with E-state index < -0.39 is 23.3 Å². The molecule has 4 rings (SSSR count). The molecular formula is C20H15NO6.